The van der Waals surface area contributed by atoms with Gasteiger partial charge in [0.2, 0.25) is 0 Å². The molecule has 3 amide bonds. The molecule has 25 heavy (non-hydrogen) atoms. The maximum absolute atomic E-state index is 13.1. The van der Waals surface area contributed by atoms with Gasteiger partial charge in [0.25, 0.3) is 5.91 Å². The number of benzene rings is 1. The van der Waals surface area contributed by atoms with Crippen molar-refractivity contribution in [2.24, 2.45) is 0 Å². The molecule has 6 heteroatoms. The van der Waals surface area contributed by atoms with Crippen LogP contribution >= 0.6 is 0 Å². The smallest absolute Gasteiger partial charge is 0.317 e. The zero-order chi connectivity index (χ0) is 17.4. The van der Waals surface area contributed by atoms with Crippen molar-refractivity contribution >= 4 is 11.9 Å². The third-order valence-corrected chi connectivity index (χ3v) is 5.02. The van der Waals surface area contributed by atoms with Crippen LogP contribution in [0.25, 0.3) is 11.3 Å². The van der Waals surface area contributed by atoms with Gasteiger partial charge in [-0.1, -0.05) is 18.2 Å². The minimum Gasteiger partial charge on any atom is -0.336 e. The molecule has 0 spiro atoms. The zero-order valence-corrected chi connectivity index (χ0v) is 14.1. The van der Waals surface area contributed by atoms with Crippen molar-refractivity contribution in [1.82, 2.24) is 20.1 Å². The normalized spacial score (nSPS) is 19.6. The molecule has 6 nitrogen and oxygen atoms in total. The summed E-state index contributed by atoms with van der Waals surface area (Å²) in [4.78, 5) is 32.8. The van der Waals surface area contributed by atoms with Crippen LogP contribution in [0.15, 0.2) is 42.6 Å². The Morgan fingerprint density at radius 3 is 2.88 bits per heavy atom. The Bertz CT molecular complexity index is 821. The molecular formula is C19H20N4O2. The van der Waals surface area contributed by atoms with Gasteiger partial charge in [-0.15, -0.1) is 0 Å². The predicted molar refractivity (Wildman–Crippen MR) is 94.2 cm³/mol. The molecule has 0 aliphatic carbocycles. The third-order valence-electron chi connectivity index (χ3n) is 5.02. The SMILES string of the molecule is Cc1c(C(=O)N2CCN3C(=O)NC[C@H]3C2)cccc1-c1ccccn1. The zero-order valence-electron chi connectivity index (χ0n) is 14.1. The number of pyridine rings is 1. The van der Waals surface area contributed by atoms with Crippen LogP contribution in [0.3, 0.4) is 0 Å². The molecule has 0 saturated carbocycles. The Morgan fingerprint density at radius 2 is 2.08 bits per heavy atom. The van der Waals surface area contributed by atoms with Crippen LogP contribution in [0.4, 0.5) is 4.79 Å². The number of hydrogen-bond acceptors (Lipinski definition) is 3. The van der Waals surface area contributed by atoms with E-state index in [9.17, 15) is 9.59 Å². The summed E-state index contributed by atoms with van der Waals surface area (Å²) in [5.41, 5.74) is 3.48. The topological polar surface area (TPSA) is 65.5 Å². The number of urea groups is 1. The second-order valence-electron chi connectivity index (χ2n) is 6.48. The highest BCUT2D eigenvalue weighted by molar-refractivity contribution is 5.97. The number of hydrogen-bond donors (Lipinski definition) is 1. The largest absolute Gasteiger partial charge is 0.336 e. The molecule has 4 rings (SSSR count). The quantitative estimate of drug-likeness (QED) is 0.911. The van der Waals surface area contributed by atoms with Crippen LogP contribution in [0.1, 0.15) is 15.9 Å². The number of nitrogens with zero attached hydrogens (tertiary/aromatic N) is 3. The molecule has 1 aromatic heterocycles. The van der Waals surface area contributed by atoms with Gasteiger partial charge in [0, 0.05) is 43.5 Å². The van der Waals surface area contributed by atoms with E-state index in [0.717, 1.165) is 16.8 Å². The number of fused-ring (bicyclic) bond motifs is 1. The van der Waals surface area contributed by atoms with E-state index in [4.69, 9.17) is 0 Å². The number of aromatic nitrogens is 1. The Kier molecular flexibility index (Phi) is 3.87. The van der Waals surface area contributed by atoms with Crippen LogP contribution in [-0.4, -0.2) is 58.9 Å². The molecule has 3 heterocycles. The summed E-state index contributed by atoms with van der Waals surface area (Å²) in [5, 5.41) is 2.84. The van der Waals surface area contributed by atoms with Crippen molar-refractivity contribution in [3.63, 3.8) is 0 Å². The maximum atomic E-state index is 13.1. The Balaban J connectivity index is 1.60. The molecule has 128 valence electrons. The van der Waals surface area contributed by atoms with Crippen LogP contribution in [0.2, 0.25) is 0 Å². The molecule has 2 aliphatic heterocycles. The van der Waals surface area contributed by atoms with Gasteiger partial charge in [-0.05, 0) is 30.7 Å². The first-order chi connectivity index (χ1) is 12.1. The van der Waals surface area contributed by atoms with Crippen molar-refractivity contribution < 1.29 is 9.59 Å². The summed E-state index contributed by atoms with van der Waals surface area (Å²) in [6.07, 6.45) is 1.76. The van der Waals surface area contributed by atoms with Crippen molar-refractivity contribution in [2.75, 3.05) is 26.2 Å². The highest BCUT2D eigenvalue weighted by atomic mass is 16.2. The first-order valence-electron chi connectivity index (χ1n) is 8.50. The number of carbonyl (C=O) groups excluding carboxylic acids is 2. The minimum atomic E-state index is -0.0228. The van der Waals surface area contributed by atoms with Gasteiger partial charge in [0.15, 0.2) is 0 Å². The van der Waals surface area contributed by atoms with Crippen LogP contribution in [-0.2, 0) is 0 Å². The Labute approximate surface area is 146 Å². The number of nitrogens with one attached hydrogen (secondary N) is 1. The lowest BCUT2D eigenvalue weighted by Crippen LogP contribution is -2.53. The molecule has 0 unspecified atom stereocenters. The average Bonchev–Trinajstić information content (AvgIpc) is 3.02. The summed E-state index contributed by atoms with van der Waals surface area (Å²) in [5.74, 6) is 0.0225. The van der Waals surface area contributed by atoms with Gasteiger partial charge < -0.3 is 15.1 Å². The molecule has 2 saturated heterocycles. The van der Waals surface area contributed by atoms with Crippen molar-refractivity contribution in [1.29, 1.82) is 0 Å². The molecule has 0 radical (unpaired) electrons. The average molecular weight is 336 g/mol. The highest BCUT2D eigenvalue weighted by Gasteiger charge is 2.37. The van der Waals surface area contributed by atoms with E-state index in [-0.39, 0.29) is 18.0 Å². The second-order valence-corrected chi connectivity index (χ2v) is 6.48. The lowest BCUT2D eigenvalue weighted by atomic mass is 9.98. The van der Waals surface area contributed by atoms with Gasteiger partial charge in [-0.3, -0.25) is 9.78 Å². The Hall–Kier alpha value is -2.89. The van der Waals surface area contributed by atoms with E-state index in [1.807, 2.05) is 53.1 Å². The standard InChI is InChI=1S/C19H20N4O2/c1-13-15(17-7-2-3-8-20-17)5-4-6-16(13)18(24)22-9-10-23-14(12-22)11-21-19(23)25/h2-8,14H,9-12H2,1H3,(H,21,25)/t14-/m0/s1. The fourth-order valence-corrected chi connectivity index (χ4v) is 3.63. The predicted octanol–water partition coefficient (Wildman–Crippen LogP) is 1.91. The summed E-state index contributed by atoms with van der Waals surface area (Å²) in [7, 11) is 0. The van der Waals surface area contributed by atoms with Crippen LogP contribution in [0.5, 0.6) is 0 Å². The van der Waals surface area contributed by atoms with E-state index in [1.54, 1.807) is 6.20 Å². The second kappa shape index (κ2) is 6.20. The number of piperazine rings is 1. The maximum Gasteiger partial charge on any atom is 0.317 e. The first kappa shape index (κ1) is 15.6. The van der Waals surface area contributed by atoms with E-state index in [1.165, 1.54) is 0 Å². The molecule has 2 aromatic rings. The molecule has 1 atom stereocenters. The molecule has 0 bridgehead atoms. The lowest BCUT2D eigenvalue weighted by molar-refractivity contribution is 0.0616. The number of amides is 3. The summed E-state index contributed by atoms with van der Waals surface area (Å²) in [6, 6.07) is 11.6. The molecule has 1 aromatic carbocycles. The van der Waals surface area contributed by atoms with E-state index in [0.29, 0.717) is 31.7 Å². The summed E-state index contributed by atoms with van der Waals surface area (Å²) in [6.45, 7) is 4.30. The summed E-state index contributed by atoms with van der Waals surface area (Å²) >= 11 is 0. The van der Waals surface area contributed by atoms with Crippen molar-refractivity contribution in [3.8, 4) is 11.3 Å². The minimum absolute atomic E-state index is 0.0225. The van der Waals surface area contributed by atoms with Crippen molar-refractivity contribution in [3.05, 3.63) is 53.7 Å². The number of rotatable bonds is 2. The fourth-order valence-electron chi connectivity index (χ4n) is 3.63. The molecule has 2 aliphatic rings. The van der Waals surface area contributed by atoms with Gasteiger partial charge in [-0.25, -0.2) is 4.79 Å². The summed E-state index contributed by atoms with van der Waals surface area (Å²) < 4.78 is 0. The first-order valence-corrected chi connectivity index (χ1v) is 8.50. The monoisotopic (exact) mass is 336 g/mol. The molecule has 2 fully saturated rings. The Morgan fingerprint density at radius 1 is 1.20 bits per heavy atom. The van der Waals surface area contributed by atoms with Gasteiger partial charge in [0.05, 0.1) is 11.7 Å². The van der Waals surface area contributed by atoms with Gasteiger partial charge >= 0.3 is 6.03 Å². The van der Waals surface area contributed by atoms with Crippen LogP contribution < -0.4 is 5.32 Å². The number of carbonyl (C=O) groups is 2. The fraction of sp³-hybridized carbons (Fsp3) is 0.316. The molecule has 1 N–H and O–H groups in total. The van der Waals surface area contributed by atoms with E-state index >= 15 is 0 Å². The van der Waals surface area contributed by atoms with Crippen molar-refractivity contribution in [2.45, 2.75) is 13.0 Å². The van der Waals surface area contributed by atoms with Gasteiger partial charge in [-0.2, -0.15) is 0 Å². The van der Waals surface area contributed by atoms with Crippen LogP contribution in [0, 0.1) is 6.92 Å². The third kappa shape index (κ3) is 2.73. The molecular weight excluding hydrogens is 316 g/mol. The van der Waals surface area contributed by atoms with E-state index in [2.05, 4.69) is 10.3 Å². The van der Waals surface area contributed by atoms with Gasteiger partial charge in [0.1, 0.15) is 0 Å². The lowest BCUT2D eigenvalue weighted by Gasteiger charge is -2.36. The highest BCUT2D eigenvalue weighted by Crippen LogP contribution is 2.25. The van der Waals surface area contributed by atoms with E-state index < -0.39 is 0 Å².